The largest absolute Gasteiger partial charge is 0.352 e. The second kappa shape index (κ2) is 9.23. The second-order valence-electron chi connectivity index (χ2n) is 8.03. The normalized spacial score (nSPS) is 12.3. The van der Waals surface area contributed by atoms with Crippen LogP contribution in [-0.4, -0.2) is 28.5 Å². The predicted molar refractivity (Wildman–Crippen MR) is 135 cm³/mol. The zero-order valence-electron chi connectivity index (χ0n) is 18.7. The Balaban J connectivity index is 1.28. The highest BCUT2D eigenvalue weighted by atomic mass is 32.2. The number of carbonyl (C=O) groups is 1. The summed E-state index contributed by atoms with van der Waals surface area (Å²) in [7, 11) is 0. The Morgan fingerprint density at radius 2 is 1.65 bits per heavy atom. The zero-order valence-corrected chi connectivity index (χ0v) is 19.5. The van der Waals surface area contributed by atoms with Gasteiger partial charge in [-0.1, -0.05) is 36.0 Å². The fourth-order valence-corrected chi connectivity index (χ4v) is 5.39. The average molecular weight is 473 g/mol. The Kier molecular flexibility index (Phi) is 5.98. The van der Waals surface area contributed by atoms with Crippen LogP contribution in [0.1, 0.15) is 23.7 Å². The van der Waals surface area contributed by atoms with E-state index in [1.807, 2.05) is 12.1 Å². The molecule has 34 heavy (non-hydrogen) atoms. The van der Waals surface area contributed by atoms with Gasteiger partial charge in [0.1, 0.15) is 0 Å². The van der Waals surface area contributed by atoms with Crippen LogP contribution in [0, 0.1) is 0 Å². The number of hydrogen-bond donors (Lipinski definition) is 2. The molecule has 0 bridgehead atoms. The van der Waals surface area contributed by atoms with E-state index in [9.17, 15) is 14.4 Å². The van der Waals surface area contributed by atoms with Crippen molar-refractivity contribution in [1.82, 2.24) is 14.9 Å². The third-order valence-corrected chi connectivity index (χ3v) is 7.06. The SMILES string of the molecule is CCn1c(=O)c(=O)[nH]c2cc(C(=O)NCCCN3c4ccccc4Sc4ccccc43)ccc21. The van der Waals surface area contributed by atoms with E-state index < -0.39 is 11.1 Å². The summed E-state index contributed by atoms with van der Waals surface area (Å²) in [5.41, 5.74) is 2.59. The number of aromatic amines is 1. The Morgan fingerprint density at radius 3 is 2.32 bits per heavy atom. The monoisotopic (exact) mass is 472 g/mol. The van der Waals surface area contributed by atoms with E-state index in [0.29, 0.717) is 29.7 Å². The summed E-state index contributed by atoms with van der Waals surface area (Å²) in [6.45, 7) is 3.46. The van der Waals surface area contributed by atoms with Crippen molar-refractivity contribution in [3.8, 4) is 0 Å². The van der Waals surface area contributed by atoms with Crippen LogP contribution in [-0.2, 0) is 6.54 Å². The Labute approximate surface area is 200 Å². The van der Waals surface area contributed by atoms with Gasteiger partial charge in [-0.2, -0.15) is 0 Å². The molecule has 4 aromatic rings. The molecule has 1 aliphatic rings. The minimum Gasteiger partial charge on any atom is -0.352 e. The molecule has 172 valence electrons. The van der Waals surface area contributed by atoms with Crippen LogP contribution in [0.2, 0.25) is 0 Å². The molecule has 0 aliphatic carbocycles. The number of para-hydroxylation sites is 2. The number of nitrogens with zero attached hydrogens (tertiary/aromatic N) is 2. The van der Waals surface area contributed by atoms with Gasteiger partial charge in [0.05, 0.1) is 22.4 Å². The number of rotatable bonds is 6. The summed E-state index contributed by atoms with van der Waals surface area (Å²) in [5.74, 6) is -0.216. The first-order valence-electron chi connectivity index (χ1n) is 11.3. The number of benzene rings is 3. The first-order valence-corrected chi connectivity index (χ1v) is 12.1. The van der Waals surface area contributed by atoms with Gasteiger partial charge in [-0.3, -0.25) is 14.4 Å². The summed E-state index contributed by atoms with van der Waals surface area (Å²) in [4.78, 5) is 44.0. The molecule has 5 rings (SSSR count). The quantitative estimate of drug-likeness (QED) is 0.325. The maximum Gasteiger partial charge on any atom is 0.316 e. The third-order valence-electron chi connectivity index (χ3n) is 5.93. The van der Waals surface area contributed by atoms with Crippen molar-refractivity contribution in [1.29, 1.82) is 0 Å². The van der Waals surface area contributed by atoms with E-state index >= 15 is 0 Å². The van der Waals surface area contributed by atoms with Crippen molar-refractivity contribution in [2.45, 2.75) is 29.7 Å². The molecule has 0 radical (unpaired) electrons. The smallest absolute Gasteiger partial charge is 0.316 e. The van der Waals surface area contributed by atoms with Gasteiger partial charge in [0, 0.05) is 35.0 Å². The van der Waals surface area contributed by atoms with Gasteiger partial charge in [0.15, 0.2) is 0 Å². The summed E-state index contributed by atoms with van der Waals surface area (Å²) >= 11 is 1.77. The van der Waals surface area contributed by atoms with E-state index in [1.54, 1.807) is 36.9 Å². The molecular formula is C26H24N4O3S. The van der Waals surface area contributed by atoms with E-state index in [4.69, 9.17) is 0 Å². The highest BCUT2D eigenvalue weighted by molar-refractivity contribution is 7.99. The molecule has 2 heterocycles. The molecule has 2 N–H and O–H groups in total. The van der Waals surface area contributed by atoms with Crippen LogP contribution >= 0.6 is 11.8 Å². The molecule has 7 nitrogen and oxygen atoms in total. The molecule has 0 spiro atoms. The standard InChI is InChI=1S/C26H24N4O3S/c1-2-29-19-13-12-17(16-18(19)28-25(32)26(29)33)24(31)27-14-7-15-30-20-8-3-5-10-22(20)34-23-11-6-4-9-21(23)30/h3-6,8-13,16H,2,7,14-15H2,1H3,(H,27,31)(H,28,32). The van der Waals surface area contributed by atoms with Crippen molar-refractivity contribution >= 4 is 40.1 Å². The lowest BCUT2D eigenvalue weighted by Crippen LogP contribution is -2.36. The Hall–Kier alpha value is -3.78. The highest BCUT2D eigenvalue weighted by Gasteiger charge is 2.22. The summed E-state index contributed by atoms with van der Waals surface area (Å²) in [6.07, 6.45) is 0.763. The van der Waals surface area contributed by atoms with Gasteiger partial charge < -0.3 is 19.8 Å². The van der Waals surface area contributed by atoms with Crippen molar-refractivity contribution in [3.63, 3.8) is 0 Å². The van der Waals surface area contributed by atoms with Gasteiger partial charge in [0.25, 0.3) is 5.91 Å². The number of aromatic nitrogens is 2. The number of carbonyl (C=O) groups excluding carboxylic acids is 1. The number of nitrogens with one attached hydrogen (secondary N) is 2. The molecule has 0 saturated heterocycles. The summed E-state index contributed by atoms with van der Waals surface area (Å²) < 4.78 is 1.41. The number of fused-ring (bicyclic) bond motifs is 3. The maximum atomic E-state index is 12.8. The van der Waals surface area contributed by atoms with Gasteiger partial charge in [-0.05, 0) is 55.8 Å². The third kappa shape index (κ3) is 4.01. The van der Waals surface area contributed by atoms with Crippen molar-refractivity contribution in [2.24, 2.45) is 0 Å². The highest BCUT2D eigenvalue weighted by Crippen LogP contribution is 2.47. The summed E-state index contributed by atoms with van der Waals surface area (Å²) in [6, 6.07) is 21.7. The molecule has 0 saturated carbocycles. The number of hydrogen-bond acceptors (Lipinski definition) is 5. The molecule has 8 heteroatoms. The number of H-pyrrole nitrogens is 1. The maximum absolute atomic E-state index is 12.8. The summed E-state index contributed by atoms with van der Waals surface area (Å²) in [5, 5.41) is 2.97. The second-order valence-corrected chi connectivity index (χ2v) is 9.12. The Bertz CT molecular complexity index is 1460. The lowest BCUT2D eigenvalue weighted by Gasteiger charge is -2.32. The lowest BCUT2D eigenvalue weighted by molar-refractivity contribution is 0.0953. The van der Waals surface area contributed by atoms with Crippen LogP contribution in [0.3, 0.4) is 0 Å². The van der Waals surface area contributed by atoms with Crippen LogP contribution in [0.4, 0.5) is 11.4 Å². The van der Waals surface area contributed by atoms with E-state index in [0.717, 1.165) is 13.0 Å². The van der Waals surface area contributed by atoms with Crippen molar-refractivity contribution in [3.05, 3.63) is 93.0 Å². The molecule has 1 aromatic heterocycles. The molecule has 1 aliphatic heterocycles. The van der Waals surface area contributed by atoms with Crippen LogP contribution in [0.15, 0.2) is 86.1 Å². The molecule has 1 amide bonds. The number of amides is 1. The van der Waals surface area contributed by atoms with Crippen molar-refractivity contribution in [2.75, 3.05) is 18.0 Å². The minimum atomic E-state index is -0.688. The van der Waals surface area contributed by atoms with Crippen LogP contribution in [0.5, 0.6) is 0 Å². The van der Waals surface area contributed by atoms with E-state index in [2.05, 4.69) is 51.6 Å². The molecular weight excluding hydrogens is 448 g/mol. The van der Waals surface area contributed by atoms with E-state index in [1.165, 1.54) is 25.7 Å². The van der Waals surface area contributed by atoms with Crippen LogP contribution in [0.25, 0.3) is 11.0 Å². The van der Waals surface area contributed by atoms with Gasteiger partial charge in [-0.15, -0.1) is 0 Å². The zero-order chi connectivity index (χ0) is 23.7. The molecule has 0 unspecified atom stereocenters. The molecule has 0 fully saturated rings. The Morgan fingerprint density at radius 1 is 0.971 bits per heavy atom. The number of anilines is 2. The van der Waals surface area contributed by atoms with Gasteiger partial charge >= 0.3 is 11.1 Å². The topological polar surface area (TPSA) is 87.2 Å². The molecule has 3 aromatic carbocycles. The predicted octanol–water partition coefficient (Wildman–Crippen LogP) is 4.13. The molecule has 0 atom stereocenters. The fourth-order valence-electron chi connectivity index (χ4n) is 4.30. The van der Waals surface area contributed by atoms with Crippen LogP contribution < -0.4 is 21.3 Å². The average Bonchev–Trinajstić information content (AvgIpc) is 2.86. The fraction of sp³-hybridized carbons (Fsp3) is 0.192. The van der Waals surface area contributed by atoms with Crippen molar-refractivity contribution < 1.29 is 4.79 Å². The van der Waals surface area contributed by atoms with E-state index in [-0.39, 0.29) is 5.91 Å². The minimum absolute atomic E-state index is 0.216. The number of aryl methyl sites for hydroxylation is 1. The first kappa shape index (κ1) is 22.0. The van der Waals surface area contributed by atoms with Gasteiger partial charge in [0.2, 0.25) is 0 Å². The first-order chi connectivity index (χ1) is 16.6. The lowest BCUT2D eigenvalue weighted by atomic mass is 10.1. The van der Waals surface area contributed by atoms with Gasteiger partial charge in [-0.25, -0.2) is 0 Å².